The minimum atomic E-state index is -0.549. The Bertz CT molecular complexity index is 949. The zero-order valence-electron chi connectivity index (χ0n) is 17.3. The summed E-state index contributed by atoms with van der Waals surface area (Å²) in [6.45, 7) is 2.33. The Kier molecular flexibility index (Phi) is 5.86. The summed E-state index contributed by atoms with van der Waals surface area (Å²) in [5.74, 6) is -0.424. The number of hydrogen-bond acceptors (Lipinski definition) is 4. The molecule has 0 aromatic heterocycles. The molecular formula is C24H26N2O4. The summed E-state index contributed by atoms with van der Waals surface area (Å²) in [6, 6.07) is 17.4. The van der Waals surface area contributed by atoms with Crippen LogP contribution in [-0.4, -0.2) is 43.3 Å². The van der Waals surface area contributed by atoms with Gasteiger partial charge in [-0.1, -0.05) is 54.6 Å². The van der Waals surface area contributed by atoms with E-state index in [1.54, 1.807) is 12.0 Å². The van der Waals surface area contributed by atoms with Crippen LogP contribution in [0.4, 0.5) is 4.79 Å². The van der Waals surface area contributed by atoms with Gasteiger partial charge in [0, 0.05) is 18.8 Å². The quantitative estimate of drug-likeness (QED) is 0.557. The molecule has 4 rings (SSSR count). The number of allylic oxidation sites excluding steroid dienone is 1. The van der Waals surface area contributed by atoms with Crippen molar-refractivity contribution in [1.29, 1.82) is 0 Å². The number of urea groups is 1. The molecular weight excluding hydrogens is 380 g/mol. The van der Waals surface area contributed by atoms with Crippen molar-refractivity contribution in [2.45, 2.75) is 31.8 Å². The zero-order valence-corrected chi connectivity index (χ0v) is 17.3. The Hall–Kier alpha value is -3.12. The van der Waals surface area contributed by atoms with Crippen molar-refractivity contribution in [2.75, 3.05) is 20.3 Å². The molecule has 0 bridgehead atoms. The van der Waals surface area contributed by atoms with E-state index >= 15 is 0 Å². The second-order valence-electron chi connectivity index (χ2n) is 7.60. The van der Waals surface area contributed by atoms with E-state index in [1.165, 1.54) is 0 Å². The fourth-order valence-corrected chi connectivity index (χ4v) is 3.84. The van der Waals surface area contributed by atoms with Gasteiger partial charge in [0.25, 0.3) is 0 Å². The molecule has 1 saturated carbocycles. The second-order valence-corrected chi connectivity index (χ2v) is 7.60. The third-order valence-electron chi connectivity index (χ3n) is 5.53. The summed E-state index contributed by atoms with van der Waals surface area (Å²) < 4.78 is 10.4. The van der Waals surface area contributed by atoms with E-state index in [9.17, 15) is 9.59 Å². The maximum absolute atomic E-state index is 12.9. The molecule has 6 nitrogen and oxygen atoms in total. The lowest BCUT2D eigenvalue weighted by molar-refractivity contribution is -0.140. The van der Waals surface area contributed by atoms with Crippen LogP contribution in [0.1, 0.15) is 31.4 Å². The summed E-state index contributed by atoms with van der Waals surface area (Å²) in [5.41, 5.74) is 4.18. The topological polar surface area (TPSA) is 67.9 Å². The molecule has 2 aromatic rings. The van der Waals surface area contributed by atoms with Crippen LogP contribution in [0.5, 0.6) is 0 Å². The Labute approximate surface area is 176 Å². The summed E-state index contributed by atoms with van der Waals surface area (Å²) in [4.78, 5) is 27.4. The van der Waals surface area contributed by atoms with Crippen LogP contribution in [0.2, 0.25) is 0 Å². The largest absolute Gasteiger partial charge is 0.460 e. The van der Waals surface area contributed by atoms with E-state index in [-0.39, 0.29) is 18.7 Å². The molecule has 2 aromatic carbocycles. The van der Waals surface area contributed by atoms with Crippen LogP contribution in [-0.2, 0) is 14.3 Å². The lowest BCUT2D eigenvalue weighted by Crippen LogP contribution is -2.49. The van der Waals surface area contributed by atoms with Gasteiger partial charge in [-0.05, 0) is 36.5 Å². The first-order valence-electron chi connectivity index (χ1n) is 10.2. The molecule has 1 heterocycles. The number of esters is 1. The molecule has 1 atom stereocenters. The number of carbonyl (C=O) groups is 2. The number of rotatable bonds is 7. The molecule has 0 saturated heterocycles. The van der Waals surface area contributed by atoms with Crippen LogP contribution in [0, 0.1) is 0 Å². The maximum Gasteiger partial charge on any atom is 0.338 e. The van der Waals surface area contributed by atoms with Gasteiger partial charge in [0.05, 0.1) is 18.2 Å². The summed E-state index contributed by atoms with van der Waals surface area (Å²) >= 11 is 0. The highest BCUT2D eigenvalue weighted by molar-refractivity contribution is 5.95. The van der Waals surface area contributed by atoms with Gasteiger partial charge < -0.3 is 14.8 Å². The Morgan fingerprint density at radius 2 is 1.70 bits per heavy atom. The molecule has 6 heteroatoms. The van der Waals surface area contributed by atoms with Gasteiger partial charge in [-0.3, -0.25) is 4.90 Å². The van der Waals surface area contributed by atoms with Crippen LogP contribution in [0.25, 0.3) is 11.1 Å². The molecule has 0 radical (unpaired) electrons. The summed E-state index contributed by atoms with van der Waals surface area (Å²) in [7, 11) is 1.56. The van der Waals surface area contributed by atoms with Crippen LogP contribution in [0.3, 0.4) is 0 Å². The number of benzene rings is 2. The lowest BCUT2D eigenvalue weighted by Gasteiger charge is -2.35. The second kappa shape index (κ2) is 8.71. The third kappa shape index (κ3) is 4.09. The molecule has 2 amide bonds. The maximum atomic E-state index is 12.9. The molecule has 1 fully saturated rings. The van der Waals surface area contributed by atoms with Crippen molar-refractivity contribution in [2.24, 2.45) is 0 Å². The summed E-state index contributed by atoms with van der Waals surface area (Å²) in [5, 5.41) is 3.01. The van der Waals surface area contributed by atoms with E-state index in [0.717, 1.165) is 29.5 Å². The molecule has 1 N–H and O–H groups in total. The van der Waals surface area contributed by atoms with Crippen molar-refractivity contribution >= 4 is 12.0 Å². The van der Waals surface area contributed by atoms with Crippen molar-refractivity contribution < 1.29 is 19.1 Å². The fourth-order valence-electron chi connectivity index (χ4n) is 3.84. The number of nitrogens with one attached hydrogen (secondary N) is 1. The highest BCUT2D eigenvalue weighted by Crippen LogP contribution is 2.38. The number of nitrogens with zero attached hydrogens (tertiary/aromatic N) is 1. The highest BCUT2D eigenvalue weighted by Gasteiger charge is 2.42. The first kappa shape index (κ1) is 20.2. The smallest absolute Gasteiger partial charge is 0.338 e. The zero-order chi connectivity index (χ0) is 21.1. The van der Waals surface area contributed by atoms with Gasteiger partial charge in [0.15, 0.2) is 0 Å². The summed E-state index contributed by atoms with van der Waals surface area (Å²) in [6.07, 6.45) is 1.90. The van der Waals surface area contributed by atoms with E-state index in [0.29, 0.717) is 17.9 Å². The molecule has 30 heavy (non-hydrogen) atoms. The number of carbonyl (C=O) groups excluding carboxylic acids is 2. The highest BCUT2D eigenvalue weighted by atomic mass is 16.6. The third-order valence-corrected chi connectivity index (χ3v) is 5.53. The number of methoxy groups -OCH3 is 1. The predicted molar refractivity (Wildman–Crippen MR) is 114 cm³/mol. The molecule has 1 aliphatic heterocycles. The monoisotopic (exact) mass is 406 g/mol. The molecule has 1 unspecified atom stereocenters. The van der Waals surface area contributed by atoms with Crippen LogP contribution in [0.15, 0.2) is 65.9 Å². The van der Waals surface area contributed by atoms with Gasteiger partial charge in [0.1, 0.15) is 6.61 Å². The lowest BCUT2D eigenvalue weighted by atomic mass is 9.93. The Morgan fingerprint density at radius 3 is 2.33 bits per heavy atom. The van der Waals surface area contributed by atoms with E-state index in [2.05, 4.69) is 5.32 Å². The van der Waals surface area contributed by atoms with Gasteiger partial charge in [-0.15, -0.1) is 0 Å². The molecule has 156 valence electrons. The van der Waals surface area contributed by atoms with Gasteiger partial charge in [-0.25, -0.2) is 9.59 Å². The minimum absolute atomic E-state index is 0.160. The van der Waals surface area contributed by atoms with Gasteiger partial charge in [-0.2, -0.15) is 0 Å². The van der Waals surface area contributed by atoms with Gasteiger partial charge >= 0.3 is 12.0 Å². The number of hydrogen-bond donors (Lipinski definition) is 1. The van der Waals surface area contributed by atoms with Crippen LogP contribution >= 0.6 is 0 Å². The average Bonchev–Trinajstić information content (AvgIpc) is 3.59. The Morgan fingerprint density at radius 1 is 1.03 bits per heavy atom. The molecule has 0 spiro atoms. The standard InChI is InChI=1S/C24H26N2O4/c1-16-21(23(27)30-15-14-29-2)22(25-24(28)26(16)20-12-13-20)19-10-8-18(9-11-19)17-6-4-3-5-7-17/h3-11,20,22H,12-15H2,1-2H3,(H,25,28). The van der Waals surface area contributed by atoms with E-state index < -0.39 is 12.0 Å². The first-order chi connectivity index (χ1) is 14.6. The number of ether oxygens (including phenoxy) is 2. The van der Waals surface area contributed by atoms with Crippen molar-refractivity contribution in [3.05, 3.63) is 71.4 Å². The average molecular weight is 406 g/mol. The van der Waals surface area contributed by atoms with Crippen molar-refractivity contribution in [3.63, 3.8) is 0 Å². The van der Waals surface area contributed by atoms with Gasteiger partial charge in [0.2, 0.25) is 0 Å². The minimum Gasteiger partial charge on any atom is -0.460 e. The first-order valence-corrected chi connectivity index (χ1v) is 10.2. The van der Waals surface area contributed by atoms with Crippen molar-refractivity contribution in [3.8, 4) is 11.1 Å². The Balaban J connectivity index is 1.65. The molecule has 2 aliphatic rings. The number of amides is 2. The van der Waals surface area contributed by atoms with Crippen LogP contribution < -0.4 is 5.32 Å². The predicted octanol–water partition coefficient (Wildman–Crippen LogP) is 4.05. The fraction of sp³-hybridized carbons (Fsp3) is 0.333. The normalized spacial score (nSPS) is 18.9. The van der Waals surface area contributed by atoms with E-state index in [1.807, 2.05) is 61.5 Å². The molecule has 1 aliphatic carbocycles. The SMILES string of the molecule is COCCOC(=O)C1=C(C)N(C2CC2)C(=O)NC1c1ccc(-c2ccccc2)cc1. The van der Waals surface area contributed by atoms with Crippen molar-refractivity contribution in [1.82, 2.24) is 10.2 Å². The van der Waals surface area contributed by atoms with E-state index in [4.69, 9.17) is 9.47 Å².